The first kappa shape index (κ1) is 12.1. The van der Waals surface area contributed by atoms with Gasteiger partial charge in [0.25, 0.3) is 0 Å². The molecule has 0 radical (unpaired) electrons. The molecule has 3 N–H and O–H groups in total. The van der Waals surface area contributed by atoms with Crippen molar-refractivity contribution in [1.82, 2.24) is 9.97 Å². The van der Waals surface area contributed by atoms with E-state index in [4.69, 9.17) is 10.5 Å². The third kappa shape index (κ3) is 2.85. The Kier molecular flexibility index (Phi) is 3.27. The number of ether oxygens (including phenoxy) is 1. The molecule has 5 nitrogen and oxygen atoms in total. The lowest BCUT2D eigenvalue weighted by molar-refractivity contribution is 0.398. The largest absolute Gasteiger partial charge is 0.481 e. The summed E-state index contributed by atoms with van der Waals surface area (Å²) in [5.74, 6) is 0.568. The van der Waals surface area contributed by atoms with Crippen LogP contribution in [0, 0.1) is 12.7 Å². The van der Waals surface area contributed by atoms with Crippen molar-refractivity contribution in [3.63, 3.8) is 0 Å². The molecular formula is C12H13FN4O. The number of rotatable bonds is 3. The summed E-state index contributed by atoms with van der Waals surface area (Å²) in [5.41, 5.74) is 6.93. The van der Waals surface area contributed by atoms with Crippen LogP contribution in [-0.2, 0) is 0 Å². The van der Waals surface area contributed by atoms with Gasteiger partial charge in [0.15, 0.2) is 0 Å². The Morgan fingerprint density at radius 2 is 2.00 bits per heavy atom. The van der Waals surface area contributed by atoms with Crippen LogP contribution in [0.5, 0.6) is 5.88 Å². The maximum Gasteiger partial charge on any atom is 0.225 e. The van der Waals surface area contributed by atoms with Crippen LogP contribution >= 0.6 is 0 Å². The Hall–Kier alpha value is -2.37. The fraction of sp³-hybridized carbons (Fsp3) is 0.167. The third-order valence-corrected chi connectivity index (χ3v) is 2.24. The summed E-state index contributed by atoms with van der Waals surface area (Å²) in [6, 6.07) is 6.20. The van der Waals surface area contributed by atoms with Gasteiger partial charge in [0.05, 0.1) is 7.11 Å². The Morgan fingerprint density at radius 3 is 2.67 bits per heavy atom. The number of nitrogen functional groups attached to an aromatic ring is 1. The lowest BCUT2D eigenvalue weighted by atomic mass is 10.2. The highest BCUT2D eigenvalue weighted by molar-refractivity contribution is 5.58. The molecule has 94 valence electrons. The normalized spacial score (nSPS) is 10.2. The number of aryl methyl sites for hydroxylation is 1. The Morgan fingerprint density at radius 1 is 1.22 bits per heavy atom. The Labute approximate surface area is 104 Å². The number of methoxy groups -OCH3 is 1. The number of nitrogens with two attached hydrogens (primary N) is 1. The molecule has 0 unspecified atom stereocenters. The second-order valence-electron chi connectivity index (χ2n) is 3.80. The van der Waals surface area contributed by atoms with Crippen LogP contribution in [0.4, 0.5) is 21.8 Å². The number of nitrogens with zero attached hydrogens (tertiary/aromatic N) is 2. The number of hydrogen-bond acceptors (Lipinski definition) is 5. The molecule has 1 heterocycles. The number of nitrogens with one attached hydrogen (secondary N) is 1. The molecule has 1 aromatic carbocycles. The molecule has 18 heavy (non-hydrogen) atoms. The van der Waals surface area contributed by atoms with E-state index in [1.165, 1.54) is 19.2 Å². The van der Waals surface area contributed by atoms with Gasteiger partial charge in [0.2, 0.25) is 11.8 Å². The molecule has 0 aliphatic heterocycles. The standard InChI is InChI=1S/C12H13FN4O/c1-7-3-8(13)5-9(4-7)15-10-6-11(18-2)17-12(14)16-10/h3-6H,1-2H3,(H3,14,15,16,17). The maximum atomic E-state index is 13.2. The summed E-state index contributed by atoms with van der Waals surface area (Å²) in [6.07, 6.45) is 0. The quantitative estimate of drug-likeness (QED) is 0.871. The molecule has 2 aromatic rings. The van der Waals surface area contributed by atoms with Crippen LogP contribution in [0.15, 0.2) is 24.3 Å². The fourth-order valence-corrected chi connectivity index (χ4v) is 1.57. The molecule has 1 aromatic heterocycles. The average Bonchev–Trinajstić information content (AvgIpc) is 2.26. The first-order chi connectivity index (χ1) is 8.56. The molecular weight excluding hydrogens is 235 g/mol. The lowest BCUT2D eigenvalue weighted by Crippen LogP contribution is -2.02. The van der Waals surface area contributed by atoms with Crippen molar-refractivity contribution in [3.8, 4) is 5.88 Å². The minimum absolute atomic E-state index is 0.0879. The van der Waals surface area contributed by atoms with Crippen molar-refractivity contribution in [2.24, 2.45) is 0 Å². The van der Waals surface area contributed by atoms with E-state index < -0.39 is 0 Å². The highest BCUT2D eigenvalue weighted by Crippen LogP contribution is 2.20. The second kappa shape index (κ2) is 4.87. The van der Waals surface area contributed by atoms with Gasteiger partial charge in [-0.3, -0.25) is 0 Å². The van der Waals surface area contributed by atoms with Crippen molar-refractivity contribution >= 4 is 17.5 Å². The van der Waals surface area contributed by atoms with E-state index in [2.05, 4.69) is 15.3 Å². The molecule has 0 saturated heterocycles. The predicted molar refractivity (Wildman–Crippen MR) is 67.4 cm³/mol. The minimum Gasteiger partial charge on any atom is -0.481 e. The fourth-order valence-electron chi connectivity index (χ4n) is 1.57. The van der Waals surface area contributed by atoms with Crippen LogP contribution in [0.25, 0.3) is 0 Å². The number of benzene rings is 1. The van der Waals surface area contributed by atoms with Gasteiger partial charge >= 0.3 is 0 Å². The zero-order chi connectivity index (χ0) is 13.1. The average molecular weight is 248 g/mol. The summed E-state index contributed by atoms with van der Waals surface area (Å²) in [7, 11) is 1.48. The van der Waals surface area contributed by atoms with E-state index in [0.29, 0.717) is 17.4 Å². The third-order valence-electron chi connectivity index (χ3n) is 2.24. The topological polar surface area (TPSA) is 73.1 Å². The van der Waals surface area contributed by atoms with Gasteiger partial charge in [-0.05, 0) is 30.7 Å². The molecule has 2 rings (SSSR count). The van der Waals surface area contributed by atoms with Crippen molar-refractivity contribution in [3.05, 3.63) is 35.6 Å². The van der Waals surface area contributed by atoms with E-state index in [1.54, 1.807) is 12.1 Å². The van der Waals surface area contributed by atoms with E-state index in [-0.39, 0.29) is 11.8 Å². The molecule has 0 amide bonds. The van der Waals surface area contributed by atoms with Gasteiger partial charge < -0.3 is 15.8 Å². The molecule has 0 spiro atoms. The molecule has 0 aliphatic carbocycles. The Balaban J connectivity index is 2.30. The van der Waals surface area contributed by atoms with Crippen LogP contribution in [0.1, 0.15) is 5.56 Å². The van der Waals surface area contributed by atoms with E-state index >= 15 is 0 Å². The van der Waals surface area contributed by atoms with Gasteiger partial charge in [0, 0.05) is 11.8 Å². The monoisotopic (exact) mass is 248 g/mol. The van der Waals surface area contributed by atoms with Crippen LogP contribution in [-0.4, -0.2) is 17.1 Å². The highest BCUT2D eigenvalue weighted by atomic mass is 19.1. The van der Waals surface area contributed by atoms with Crippen molar-refractivity contribution in [2.75, 3.05) is 18.2 Å². The minimum atomic E-state index is -0.313. The molecule has 0 fully saturated rings. The summed E-state index contributed by atoms with van der Waals surface area (Å²) < 4.78 is 18.2. The predicted octanol–water partition coefficient (Wildman–Crippen LogP) is 2.26. The summed E-state index contributed by atoms with van der Waals surface area (Å²) in [4.78, 5) is 7.85. The van der Waals surface area contributed by atoms with Crippen LogP contribution in [0.2, 0.25) is 0 Å². The zero-order valence-electron chi connectivity index (χ0n) is 10.1. The van der Waals surface area contributed by atoms with Crippen LogP contribution < -0.4 is 15.8 Å². The number of hydrogen-bond donors (Lipinski definition) is 2. The van der Waals surface area contributed by atoms with Crippen molar-refractivity contribution in [1.29, 1.82) is 0 Å². The summed E-state index contributed by atoms with van der Waals surface area (Å²) >= 11 is 0. The van der Waals surface area contributed by atoms with Gasteiger partial charge in [-0.2, -0.15) is 9.97 Å². The molecule has 6 heteroatoms. The molecule has 0 aliphatic rings. The highest BCUT2D eigenvalue weighted by Gasteiger charge is 2.04. The first-order valence-electron chi connectivity index (χ1n) is 5.29. The van der Waals surface area contributed by atoms with Gasteiger partial charge in [-0.15, -0.1) is 0 Å². The van der Waals surface area contributed by atoms with Crippen molar-refractivity contribution in [2.45, 2.75) is 6.92 Å². The number of halogens is 1. The lowest BCUT2D eigenvalue weighted by Gasteiger charge is -2.08. The van der Waals surface area contributed by atoms with E-state index in [9.17, 15) is 4.39 Å². The maximum absolute atomic E-state index is 13.2. The van der Waals surface area contributed by atoms with Gasteiger partial charge in [0.1, 0.15) is 11.6 Å². The van der Waals surface area contributed by atoms with Crippen LogP contribution in [0.3, 0.4) is 0 Å². The number of aromatic nitrogens is 2. The second-order valence-corrected chi connectivity index (χ2v) is 3.80. The first-order valence-corrected chi connectivity index (χ1v) is 5.29. The SMILES string of the molecule is COc1cc(Nc2cc(C)cc(F)c2)nc(N)n1. The van der Waals surface area contributed by atoms with Gasteiger partial charge in [-0.25, -0.2) is 4.39 Å². The van der Waals surface area contributed by atoms with E-state index in [1.807, 2.05) is 6.92 Å². The molecule has 0 bridgehead atoms. The summed E-state index contributed by atoms with van der Waals surface area (Å²) in [6.45, 7) is 1.81. The summed E-state index contributed by atoms with van der Waals surface area (Å²) in [5, 5.41) is 2.95. The molecule has 0 saturated carbocycles. The Bertz CT molecular complexity index is 554. The van der Waals surface area contributed by atoms with Gasteiger partial charge in [-0.1, -0.05) is 0 Å². The van der Waals surface area contributed by atoms with E-state index in [0.717, 1.165) is 5.56 Å². The molecule has 0 atom stereocenters. The zero-order valence-corrected chi connectivity index (χ0v) is 10.1. The smallest absolute Gasteiger partial charge is 0.225 e. The van der Waals surface area contributed by atoms with Crippen molar-refractivity contribution < 1.29 is 9.13 Å². The number of anilines is 3.